The molecule has 17 heavy (non-hydrogen) atoms. The Hall–Kier alpha value is -1.55. The third kappa shape index (κ3) is 2.13. The third-order valence-corrected chi connectivity index (χ3v) is 3.61. The van der Waals surface area contributed by atoms with E-state index >= 15 is 0 Å². The molecule has 0 saturated carbocycles. The first-order valence-corrected chi connectivity index (χ1v) is 6.32. The molecule has 0 aliphatic carbocycles. The number of hydrogen-bond donors (Lipinski definition) is 1. The van der Waals surface area contributed by atoms with Crippen LogP contribution < -0.4 is 10.5 Å². The summed E-state index contributed by atoms with van der Waals surface area (Å²) in [4.78, 5) is 4.38. The first-order chi connectivity index (χ1) is 8.05. The molecule has 0 aliphatic rings. The fraction of sp³-hybridized carbons (Fsp3) is 0.308. The second-order valence-electron chi connectivity index (χ2n) is 4.46. The average Bonchev–Trinajstić information content (AvgIpc) is 2.83. The molecule has 0 saturated heterocycles. The SMILES string of the molecule is COc1ccc(C(C)(C)c2cscn2)cc1N. The second kappa shape index (κ2) is 4.37. The lowest BCUT2D eigenvalue weighted by Crippen LogP contribution is -2.19. The van der Waals surface area contributed by atoms with Crippen LogP contribution in [-0.2, 0) is 5.41 Å². The Kier molecular flexibility index (Phi) is 3.07. The number of benzene rings is 1. The van der Waals surface area contributed by atoms with Crippen LogP contribution in [0.4, 0.5) is 5.69 Å². The number of nitrogen functional groups attached to an aromatic ring is 1. The van der Waals surface area contributed by atoms with Gasteiger partial charge >= 0.3 is 0 Å². The van der Waals surface area contributed by atoms with Crippen molar-refractivity contribution in [1.29, 1.82) is 0 Å². The number of anilines is 1. The average molecular weight is 248 g/mol. The largest absolute Gasteiger partial charge is 0.495 e. The van der Waals surface area contributed by atoms with Crippen LogP contribution in [0.15, 0.2) is 29.1 Å². The van der Waals surface area contributed by atoms with E-state index in [0.29, 0.717) is 11.4 Å². The molecule has 0 aliphatic heterocycles. The number of rotatable bonds is 3. The molecule has 2 rings (SSSR count). The zero-order valence-electron chi connectivity index (χ0n) is 10.2. The molecular weight excluding hydrogens is 232 g/mol. The van der Waals surface area contributed by atoms with E-state index in [1.54, 1.807) is 18.4 Å². The lowest BCUT2D eigenvalue weighted by molar-refractivity contribution is 0.416. The summed E-state index contributed by atoms with van der Waals surface area (Å²) < 4.78 is 5.16. The highest BCUT2D eigenvalue weighted by atomic mass is 32.1. The van der Waals surface area contributed by atoms with Gasteiger partial charge in [0.25, 0.3) is 0 Å². The van der Waals surface area contributed by atoms with Crippen molar-refractivity contribution in [3.05, 3.63) is 40.3 Å². The van der Waals surface area contributed by atoms with Gasteiger partial charge in [-0.3, -0.25) is 0 Å². The summed E-state index contributed by atoms with van der Waals surface area (Å²) in [5.74, 6) is 0.711. The smallest absolute Gasteiger partial charge is 0.141 e. The second-order valence-corrected chi connectivity index (χ2v) is 5.17. The molecule has 90 valence electrons. The normalized spacial score (nSPS) is 11.5. The van der Waals surface area contributed by atoms with Gasteiger partial charge in [0, 0.05) is 10.8 Å². The van der Waals surface area contributed by atoms with Crippen molar-refractivity contribution >= 4 is 17.0 Å². The van der Waals surface area contributed by atoms with Crippen molar-refractivity contribution < 1.29 is 4.74 Å². The van der Waals surface area contributed by atoms with Crippen molar-refractivity contribution in [2.45, 2.75) is 19.3 Å². The molecule has 0 spiro atoms. The van der Waals surface area contributed by atoms with Crippen molar-refractivity contribution in [2.24, 2.45) is 0 Å². The monoisotopic (exact) mass is 248 g/mol. The van der Waals surface area contributed by atoms with Crippen molar-refractivity contribution in [1.82, 2.24) is 4.98 Å². The molecule has 2 aromatic rings. The summed E-state index contributed by atoms with van der Waals surface area (Å²) in [6, 6.07) is 5.89. The van der Waals surface area contributed by atoms with Gasteiger partial charge in [-0.25, -0.2) is 4.98 Å². The van der Waals surface area contributed by atoms with E-state index < -0.39 is 0 Å². The maximum Gasteiger partial charge on any atom is 0.141 e. The Morgan fingerprint density at radius 1 is 1.35 bits per heavy atom. The Morgan fingerprint density at radius 2 is 2.12 bits per heavy atom. The van der Waals surface area contributed by atoms with Crippen molar-refractivity contribution in [3.8, 4) is 5.75 Å². The van der Waals surface area contributed by atoms with Gasteiger partial charge in [-0.2, -0.15) is 0 Å². The van der Waals surface area contributed by atoms with E-state index in [-0.39, 0.29) is 5.41 Å². The fourth-order valence-corrected chi connectivity index (χ4v) is 2.51. The highest BCUT2D eigenvalue weighted by molar-refractivity contribution is 7.07. The van der Waals surface area contributed by atoms with Crippen LogP contribution in [0.2, 0.25) is 0 Å². The number of ether oxygens (including phenoxy) is 1. The van der Waals surface area contributed by atoms with Crippen molar-refractivity contribution in [2.75, 3.05) is 12.8 Å². The summed E-state index contributed by atoms with van der Waals surface area (Å²) in [6.45, 7) is 4.28. The molecule has 1 aromatic carbocycles. The van der Waals surface area contributed by atoms with Gasteiger partial charge in [0.2, 0.25) is 0 Å². The van der Waals surface area contributed by atoms with E-state index in [1.807, 2.05) is 23.7 Å². The molecule has 0 bridgehead atoms. The first-order valence-electron chi connectivity index (χ1n) is 5.38. The summed E-state index contributed by atoms with van der Waals surface area (Å²) in [7, 11) is 1.62. The Labute approximate surface area is 105 Å². The minimum absolute atomic E-state index is 0.139. The van der Waals surface area contributed by atoms with Gasteiger partial charge < -0.3 is 10.5 Å². The van der Waals surface area contributed by atoms with E-state index in [2.05, 4.69) is 24.2 Å². The number of hydrogen-bond acceptors (Lipinski definition) is 4. The molecule has 0 unspecified atom stereocenters. The Bertz CT molecular complexity index is 506. The molecule has 2 N–H and O–H groups in total. The van der Waals surface area contributed by atoms with Crippen LogP contribution in [0.3, 0.4) is 0 Å². The molecular formula is C13H16N2OS. The van der Waals surface area contributed by atoms with E-state index in [4.69, 9.17) is 10.5 Å². The first kappa shape index (κ1) is 11.9. The van der Waals surface area contributed by atoms with Crippen LogP contribution in [0.5, 0.6) is 5.75 Å². The molecule has 4 heteroatoms. The minimum Gasteiger partial charge on any atom is -0.495 e. The molecule has 0 radical (unpaired) electrons. The number of nitrogens with two attached hydrogens (primary N) is 1. The predicted octanol–water partition coefficient (Wildman–Crippen LogP) is 3.06. The topological polar surface area (TPSA) is 48.1 Å². The van der Waals surface area contributed by atoms with Crippen LogP contribution in [0.25, 0.3) is 0 Å². The highest BCUT2D eigenvalue weighted by Gasteiger charge is 2.25. The molecule has 3 nitrogen and oxygen atoms in total. The predicted molar refractivity (Wildman–Crippen MR) is 71.6 cm³/mol. The quantitative estimate of drug-likeness (QED) is 0.849. The highest BCUT2D eigenvalue weighted by Crippen LogP contribution is 2.34. The van der Waals surface area contributed by atoms with Gasteiger partial charge in [-0.15, -0.1) is 11.3 Å². The van der Waals surface area contributed by atoms with Crippen molar-refractivity contribution in [3.63, 3.8) is 0 Å². The maximum absolute atomic E-state index is 5.94. The van der Waals surface area contributed by atoms with Gasteiger partial charge in [0.1, 0.15) is 5.75 Å². The van der Waals surface area contributed by atoms with Crippen LogP contribution >= 0.6 is 11.3 Å². The number of nitrogens with zero attached hydrogens (tertiary/aromatic N) is 1. The van der Waals surface area contributed by atoms with Gasteiger partial charge in [0.05, 0.1) is 24.0 Å². The summed E-state index contributed by atoms with van der Waals surface area (Å²) in [5, 5.41) is 2.07. The Morgan fingerprint density at radius 3 is 2.65 bits per heavy atom. The molecule has 0 fully saturated rings. The zero-order valence-corrected chi connectivity index (χ0v) is 11.0. The summed E-state index contributed by atoms with van der Waals surface area (Å²) in [6.07, 6.45) is 0. The molecule has 0 atom stereocenters. The number of aromatic nitrogens is 1. The van der Waals surface area contributed by atoms with E-state index in [1.165, 1.54) is 0 Å². The van der Waals surface area contributed by atoms with Gasteiger partial charge in [-0.05, 0) is 17.7 Å². The summed E-state index contributed by atoms with van der Waals surface area (Å²) >= 11 is 1.61. The van der Waals surface area contributed by atoms with Gasteiger partial charge in [-0.1, -0.05) is 19.9 Å². The van der Waals surface area contributed by atoms with Crippen LogP contribution in [0, 0.1) is 0 Å². The number of thiazole rings is 1. The Balaban J connectivity index is 2.43. The zero-order chi connectivity index (χ0) is 12.5. The lowest BCUT2D eigenvalue weighted by atomic mass is 9.82. The van der Waals surface area contributed by atoms with Crippen LogP contribution in [0.1, 0.15) is 25.1 Å². The number of methoxy groups -OCH3 is 1. The van der Waals surface area contributed by atoms with Crippen LogP contribution in [-0.4, -0.2) is 12.1 Å². The molecule has 1 heterocycles. The molecule has 1 aromatic heterocycles. The fourth-order valence-electron chi connectivity index (χ4n) is 1.79. The lowest BCUT2D eigenvalue weighted by Gasteiger charge is -2.24. The maximum atomic E-state index is 5.94. The third-order valence-electron chi connectivity index (χ3n) is 3.02. The van der Waals surface area contributed by atoms with Gasteiger partial charge in [0.15, 0.2) is 0 Å². The summed E-state index contributed by atoms with van der Waals surface area (Å²) in [5.41, 5.74) is 10.5. The minimum atomic E-state index is -0.139. The van der Waals surface area contributed by atoms with E-state index in [0.717, 1.165) is 11.3 Å². The standard InChI is InChI=1S/C13H16N2OS/c1-13(2,12-7-17-8-15-12)9-4-5-11(16-3)10(14)6-9/h4-8H,14H2,1-3H3. The molecule has 0 amide bonds. The van der Waals surface area contributed by atoms with E-state index in [9.17, 15) is 0 Å².